The summed E-state index contributed by atoms with van der Waals surface area (Å²) in [5, 5.41) is 23.4. The van der Waals surface area contributed by atoms with E-state index in [9.17, 15) is 19.8 Å². The number of aromatic nitrogens is 3. The number of carbonyl (C=O) groups excluding carboxylic acids is 1. The molecule has 2 N–H and O–H groups in total. The molecule has 3 aromatic heterocycles. The molecule has 0 amide bonds. The van der Waals surface area contributed by atoms with Gasteiger partial charge < -0.3 is 70.5 Å². The van der Waals surface area contributed by atoms with Crippen molar-refractivity contribution in [2.75, 3.05) is 49.5 Å². The van der Waals surface area contributed by atoms with Crippen LogP contribution in [0, 0.1) is 29.6 Å². The van der Waals surface area contributed by atoms with Gasteiger partial charge in [-0.05, 0) is 82.8 Å². The second-order valence-electron chi connectivity index (χ2n) is 24.8. The predicted octanol–water partition coefficient (Wildman–Crippen LogP) is 12.1. The fourth-order valence-electron chi connectivity index (χ4n) is 12.3. The molecule has 1 aliphatic rings. The van der Waals surface area contributed by atoms with Gasteiger partial charge in [0, 0.05) is 53.1 Å². The summed E-state index contributed by atoms with van der Waals surface area (Å²) in [6.45, 7) is 17.0. The van der Waals surface area contributed by atoms with Crippen LogP contribution in [-0.2, 0) is 53.8 Å². The van der Waals surface area contributed by atoms with Crippen LogP contribution in [0.1, 0.15) is 124 Å². The first-order chi connectivity index (χ1) is 43.7. The van der Waals surface area contributed by atoms with Gasteiger partial charge in [-0.1, -0.05) is 134 Å². The van der Waals surface area contributed by atoms with Crippen molar-refractivity contribution in [3.05, 3.63) is 133 Å². The van der Waals surface area contributed by atoms with Crippen LogP contribution in [0.5, 0.6) is 11.5 Å². The van der Waals surface area contributed by atoms with E-state index >= 15 is 0 Å². The molecule has 1 saturated heterocycles. The number of aliphatic hydroxyl groups excluding tert-OH is 1. The summed E-state index contributed by atoms with van der Waals surface area (Å²) >= 11 is 0. The standard InChI is InChI=1S/C70H95N3O17Si/c1-44(31-33-59(48(5)66-45(2)35-65(82-13)89-66)88-43-84-39-49-32-34-60(79-10)62(36-49)81-12)61(80-11)38-57(75)46(3)58(78-9)29-22-30-63-71-54(41-85-63)68-73-55(42-87-68)69-72-53(40-86-69)67(83-14)47(4)56(74)28-21-23-50(37-64(76)77)90-91(70(6,7)8,51-24-17-15-18-25-51)52-26-19-16-20-27-52/h15-22,24-28,30,32,34,36,40-42,44-48,50,57-59,61,65-67,75H,23,29,31,33,35,37-39,43H2,1-14H3,(H,76,77)/b28-21+,30-22+/t44-,45+,46+,47-,48-,50-,57-,58-,59+,61-,65?,66+,67-/m0/s1. The molecule has 7 rings (SSSR count). The van der Waals surface area contributed by atoms with Gasteiger partial charge in [-0.2, -0.15) is 0 Å². The van der Waals surface area contributed by atoms with E-state index in [1.165, 1.54) is 32.0 Å². The SMILES string of the molecule is COc1ccc(COCO[C@H](CC[C@H](C)[C@H](C[C@H](O)[C@@H](C)[C@H](C/C=C/c2nc(-c3nc(-c4nc([C@@H](OC)[C@@H](C)C(=O)/C=C/C[C@@H](CC(=O)O)O[Si](c5ccccc5)(c5ccccc5)C(C)(C)C)co4)co3)co2)OC)OC)[C@H](C)[C@@H]2OC(OC)C[C@H]2C)cc1OC. The number of ketones is 1. The maximum Gasteiger partial charge on any atom is 0.305 e. The third-order valence-corrected chi connectivity index (χ3v) is 22.7. The van der Waals surface area contributed by atoms with E-state index in [1.807, 2.05) is 67.6 Å². The number of rotatable bonds is 38. The number of carbonyl (C=O) groups is 2. The highest BCUT2D eigenvalue weighted by atomic mass is 28.4. The first-order valence-electron chi connectivity index (χ1n) is 31.3. The number of ether oxygens (including phenoxy) is 9. The zero-order valence-electron chi connectivity index (χ0n) is 55.3. The number of aliphatic carboxylic acids is 1. The van der Waals surface area contributed by atoms with Crippen molar-refractivity contribution in [2.45, 2.75) is 161 Å². The van der Waals surface area contributed by atoms with E-state index < -0.39 is 38.5 Å². The van der Waals surface area contributed by atoms with Gasteiger partial charge in [0.15, 0.2) is 35.0 Å². The average Bonchev–Trinajstić information content (AvgIpc) is 1.74. The first kappa shape index (κ1) is 71.8. The molecule has 0 bridgehead atoms. The summed E-state index contributed by atoms with van der Waals surface area (Å²) in [5.41, 5.74) is 1.91. The molecule has 6 aromatic rings. The zero-order chi connectivity index (χ0) is 65.8. The molecule has 91 heavy (non-hydrogen) atoms. The lowest BCUT2D eigenvalue weighted by Crippen LogP contribution is -2.67. The maximum absolute atomic E-state index is 13.8. The van der Waals surface area contributed by atoms with E-state index in [-0.39, 0.29) is 102 Å². The highest BCUT2D eigenvalue weighted by Crippen LogP contribution is 2.40. The van der Waals surface area contributed by atoms with Gasteiger partial charge in [0.1, 0.15) is 37.4 Å². The van der Waals surface area contributed by atoms with Crippen molar-refractivity contribution in [1.82, 2.24) is 15.0 Å². The molecule has 20 nitrogen and oxygen atoms in total. The monoisotopic (exact) mass is 1280 g/mol. The molecule has 1 fully saturated rings. The summed E-state index contributed by atoms with van der Waals surface area (Å²) < 4.78 is 77.6. The molecule has 0 radical (unpaired) electrons. The molecule has 1 aliphatic heterocycles. The van der Waals surface area contributed by atoms with Gasteiger partial charge in [-0.25, -0.2) is 15.0 Å². The number of carboxylic acids is 1. The second-order valence-corrected chi connectivity index (χ2v) is 29.0. The number of benzene rings is 3. The lowest BCUT2D eigenvalue weighted by Gasteiger charge is -2.45. The summed E-state index contributed by atoms with van der Waals surface area (Å²) in [7, 11) is 6.59. The molecular formula is C70H95N3O17Si. The topological polar surface area (TPSA) is 245 Å². The Labute approximate surface area is 537 Å². The van der Waals surface area contributed by atoms with E-state index in [0.717, 1.165) is 35.2 Å². The Balaban J connectivity index is 0.910. The second kappa shape index (κ2) is 34.3. The number of nitrogens with zero attached hydrogens (tertiary/aromatic N) is 3. The van der Waals surface area contributed by atoms with E-state index in [2.05, 4.69) is 80.8 Å². The van der Waals surface area contributed by atoms with Crippen molar-refractivity contribution in [2.24, 2.45) is 29.6 Å². The fraction of sp³-hybridized carbons (Fsp3) is 0.529. The molecular weight excluding hydrogens is 1180 g/mol. The fourth-order valence-corrected chi connectivity index (χ4v) is 17.0. The third kappa shape index (κ3) is 18.8. The average molecular weight is 1280 g/mol. The minimum atomic E-state index is -3.10. The summed E-state index contributed by atoms with van der Waals surface area (Å²) in [6.07, 6.45) is 10.7. The number of hydrogen-bond donors (Lipinski definition) is 2. The highest BCUT2D eigenvalue weighted by Gasteiger charge is 2.51. The summed E-state index contributed by atoms with van der Waals surface area (Å²) in [6, 6.07) is 25.7. The molecule has 0 aliphatic carbocycles. The van der Waals surface area contributed by atoms with E-state index in [1.54, 1.807) is 54.6 Å². The molecule has 3 aromatic carbocycles. The molecule has 0 saturated carbocycles. The summed E-state index contributed by atoms with van der Waals surface area (Å²) in [5.74, 6) is 0.0627. The smallest absolute Gasteiger partial charge is 0.305 e. The lowest BCUT2D eigenvalue weighted by molar-refractivity contribution is -0.162. The van der Waals surface area contributed by atoms with Gasteiger partial charge in [0.25, 0.3) is 8.32 Å². The number of hydrogen-bond acceptors (Lipinski definition) is 19. The van der Waals surface area contributed by atoms with E-state index in [4.69, 9.17) is 60.3 Å². The van der Waals surface area contributed by atoms with Crippen LogP contribution in [0.2, 0.25) is 5.04 Å². The van der Waals surface area contributed by atoms with Crippen molar-refractivity contribution in [1.29, 1.82) is 0 Å². The van der Waals surface area contributed by atoms with Crippen LogP contribution >= 0.6 is 0 Å². The zero-order valence-corrected chi connectivity index (χ0v) is 56.3. The predicted molar refractivity (Wildman–Crippen MR) is 346 cm³/mol. The van der Waals surface area contributed by atoms with E-state index in [0.29, 0.717) is 48.2 Å². The molecule has 21 heteroatoms. The molecule has 1 unspecified atom stereocenters. The van der Waals surface area contributed by atoms with Gasteiger partial charge >= 0.3 is 5.97 Å². The van der Waals surface area contributed by atoms with Gasteiger partial charge in [-0.3, -0.25) is 9.59 Å². The van der Waals surface area contributed by atoms with Crippen LogP contribution in [0.4, 0.5) is 0 Å². The largest absolute Gasteiger partial charge is 0.493 e. The Morgan fingerprint density at radius 3 is 2.01 bits per heavy atom. The van der Waals surface area contributed by atoms with Crippen molar-refractivity contribution in [3.8, 4) is 34.7 Å². The first-order valence-corrected chi connectivity index (χ1v) is 33.2. The molecule has 0 spiro atoms. The number of allylic oxidation sites excluding steroid dienone is 1. The number of methoxy groups -OCH3 is 6. The van der Waals surface area contributed by atoms with Crippen molar-refractivity contribution in [3.63, 3.8) is 0 Å². The van der Waals surface area contributed by atoms with Crippen LogP contribution < -0.4 is 19.8 Å². The third-order valence-electron chi connectivity index (χ3n) is 17.6. The molecule has 4 heterocycles. The van der Waals surface area contributed by atoms with Crippen LogP contribution in [-0.4, -0.2) is 138 Å². The Morgan fingerprint density at radius 1 is 0.747 bits per heavy atom. The molecule has 13 atom stereocenters. The van der Waals surface area contributed by atoms with Crippen molar-refractivity contribution >= 4 is 36.5 Å². The highest BCUT2D eigenvalue weighted by molar-refractivity contribution is 6.99. The van der Waals surface area contributed by atoms with Crippen molar-refractivity contribution < 1.29 is 80.1 Å². The Kier molecular flexibility index (Phi) is 27.1. The van der Waals surface area contributed by atoms with Crippen LogP contribution in [0.15, 0.2) is 129 Å². The lowest BCUT2D eigenvalue weighted by atomic mass is 9.84. The Hall–Kier alpha value is -6.63. The van der Waals surface area contributed by atoms with Gasteiger partial charge in [-0.15, -0.1) is 0 Å². The van der Waals surface area contributed by atoms with Gasteiger partial charge in [0.2, 0.25) is 17.7 Å². The Morgan fingerprint density at radius 2 is 1.40 bits per heavy atom. The number of aliphatic hydroxyl groups is 1. The maximum atomic E-state index is 13.8. The quantitative estimate of drug-likeness (QED) is 0.0158. The normalized spacial score (nSPS) is 19.0. The molecule has 496 valence electrons. The van der Waals surface area contributed by atoms with Crippen LogP contribution in [0.25, 0.3) is 29.2 Å². The summed E-state index contributed by atoms with van der Waals surface area (Å²) in [4.78, 5) is 39.9. The Bertz CT molecular complexity index is 3170. The minimum absolute atomic E-state index is 0.0434. The number of carboxylic acid groups (broad SMARTS) is 1. The number of oxazole rings is 3. The van der Waals surface area contributed by atoms with Gasteiger partial charge in [0.05, 0.1) is 69.8 Å². The minimum Gasteiger partial charge on any atom is -0.493 e. The van der Waals surface area contributed by atoms with Crippen LogP contribution in [0.3, 0.4) is 0 Å².